The number of hydrogen-bond donors (Lipinski definition) is 1. The van der Waals surface area contributed by atoms with Gasteiger partial charge in [-0.1, -0.05) is 47.8 Å². The highest BCUT2D eigenvalue weighted by Crippen LogP contribution is 2.27. The SMILES string of the molecule is CCCC[C@H](c1ccc(Br)cc1)N1CCNCC1. The van der Waals surface area contributed by atoms with E-state index >= 15 is 0 Å². The normalized spacial score (nSPS) is 18.8. The molecule has 1 saturated heterocycles. The van der Waals surface area contributed by atoms with Crippen molar-refractivity contribution in [2.45, 2.75) is 32.2 Å². The number of hydrogen-bond acceptors (Lipinski definition) is 2. The molecular formula is C15H23BrN2. The van der Waals surface area contributed by atoms with Crippen LogP contribution in [0.3, 0.4) is 0 Å². The van der Waals surface area contributed by atoms with Crippen LogP contribution < -0.4 is 5.32 Å². The Hall–Kier alpha value is -0.380. The van der Waals surface area contributed by atoms with E-state index in [1.54, 1.807) is 0 Å². The van der Waals surface area contributed by atoms with E-state index in [2.05, 4.69) is 57.3 Å². The summed E-state index contributed by atoms with van der Waals surface area (Å²) in [6, 6.07) is 9.46. The molecule has 1 N–H and O–H groups in total. The number of benzene rings is 1. The van der Waals surface area contributed by atoms with E-state index in [1.807, 2.05) is 0 Å². The number of rotatable bonds is 5. The van der Waals surface area contributed by atoms with Gasteiger partial charge in [-0.25, -0.2) is 0 Å². The molecule has 18 heavy (non-hydrogen) atoms. The zero-order valence-corrected chi connectivity index (χ0v) is 12.7. The van der Waals surface area contributed by atoms with Crippen molar-refractivity contribution in [3.8, 4) is 0 Å². The van der Waals surface area contributed by atoms with Crippen molar-refractivity contribution in [1.29, 1.82) is 0 Å². The molecule has 0 saturated carbocycles. The Morgan fingerprint density at radius 3 is 2.50 bits per heavy atom. The molecule has 0 aromatic heterocycles. The topological polar surface area (TPSA) is 15.3 Å². The molecule has 1 aliphatic heterocycles. The predicted molar refractivity (Wildman–Crippen MR) is 80.9 cm³/mol. The molecule has 0 bridgehead atoms. The Kier molecular flexibility index (Phi) is 5.67. The quantitative estimate of drug-likeness (QED) is 0.894. The molecule has 1 aliphatic rings. The Morgan fingerprint density at radius 2 is 1.89 bits per heavy atom. The fourth-order valence-electron chi connectivity index (χ4n) is 2.64. The molecular weight excluding hydrogens is 288 g/mol. The highest BCUT2D eigenvalue weighted by Gasteiger charge is 2.21. The van der Waals surface area contributed by atoms with Crippen LogP contribution in [0.15, 0.2) is 28.7 Å². The molecule has 1 atom stereocenters. The van der Waals surface area contributed by atoms with Crippen LogP contribution in [0.25, 0.3) is 0 Å². The number of nitrogens with one attached hydrogen (secondary N) is 1. The van der Waals surface area contributed by atoms with Crippen LogP contribution in [-0.2, 0) is 0 Å². The third kappa shape index (κ3) is 3.81. The average molecular weight is 311 g/mol. The molecule has 2 rings (SSSR count). The molecule has 1 aromatic carbocycles. The molecule has 100 valence electrons. The van der Waals surface area contributed by atoms with Crippen LogP contribution in [0.2, 0.25) is 0 Å². The summed E-state index contributed by atoms with van der Waals surface area (Å²) in [5, 5.41) is 3.44. The van der Waals surface area contributed by atoms with Gasteiger partial charge in [0, 0.05) is 36.7 Å². The molecule has 0 radical (unpaired) electrons. The molecule has 1 heterocycles. The van der Waals surface area contributed by atoms with Crippen molar-refractivity contribution in [3.05, 3.63) is 34.3 Å². The summed E-state index contributed by atoms with van der Waals surface area (Å²) >= 11 is 3.52. The van der Waals surface area contributed by atoms with Gasteiger partial charge in [0.1, 0.15) is 0 Å². The van der Waals surface area contributed by atoms with Crippen LogP contribution in [0.1, 0.15) is 37.8 Å². The van der Waals surface area contributed by atoms with Crippen molar-refractivity contribution in [3.63, 3.8) is 0 Å². The first-order valence-corrected chi connectivity index (χ1v) is 7.81. The fraction of sp³-hybridized carbons (Fsp3) is 0.600. The molecule has 0 aliphatic carbocycles. The van der Waals surface area contributed by atoms with Crippen LogP contribution in [-0.4, -0.2) is 31.1 Å². The molecule has 0 amide bonds. The minimum absolute atomic E-state index is 0.597. The summed E-state index contributed by atoms with van der Waals surface area (Å²) in [6.45, 7) is 6.86. The maximum Gasteiger partial charge on any atom is 0.0349 e. The molecule has 0 spiro atoms. The smallest absolute Gasteiger partial charge is 0.0349 e. The van der Waals surface area contributed by atoms with Crippen LogP contribution in [0.5, 0.6) is 0 Å². The van der Waals surface area contributed by atoms with Gasteiger partial charge >= 0.3 is 0 Å². The second kappa shape index (κ2) is 7.27. The van der Waals surface area contributed by atoms with Crippen molar-refractivity contribution < 1.29 is 0 Å². The van der Waals surface area contributed by atoms with Crippen LogP contribution in [0.4, 0.5) is 0 Å². The third-order valence-electron chi connectivity index (χ3n) is 3.68. The van der Waals surface area contributed by atoms with Gasteiger partial charge in [-0.05, 0) is 24.1 Å². The van der Waals surface area contributed by atoms with Gasteiger partial charge in [0.15, 0.2) is 0 Å². The summed E-state index contributed by atoms with van der Waals surface area (Å²) in [5.41, 5.74) is 1.47. The van der Waals surface area contributed by atoms with Gasteiger partial charge in [0.2, 0.25) is 0 Å². The van der Waals surface area contributed by atoms with E-state index in [1.165, 1.54) is 42.4 Å². The molecule has 1 aromatic rings. The van der Waals surface area contributed by atoms with E-state index < -0.39 is 0 Å². The minimum atomic E-state index is 0.597. The van der Waals surface area contributed by atoms with E-state index in [0.29, 0.717) is 6.04 Å². The zero-order valence-electron chi connectivity index (χ0n) is 11.2. The van der Waals surface area contributed by atoms with E-state index in [9.17, 15) is 0 Å². The van der Waals surface area contributed by atoms with Gasteiger partial charge < -0.3 is 5.32 Å². The Balaban J connectivity index is 2.10. The first-order chi connectivity index (χ1) is 8.81. The van der Waals surface area contributed by atoms with Crippen molar-refractivity contribution >= 4 is 15.9 Å². The van der Waals surface area contributed by atoms with Crippen molar-refractivity contribution in [2.24, 2.45) is 0 Å². The van der Waals surface area contributed by atoms with Gasteiger partial charge in [-0.3, -0.25) is 4.90 Å². The maximum absolute atomic E-state index is 3.52. The average Bonchev–Trinajstić information content (AvgIpc) is 2.42. The Bertz CT molecular complexity index is 344. The summed E-state index contributed by atoms with van der Waals surface area (Å²) in [4.78, 5) is 2.63. The third-order valence-corrected chi connectivity index (χ3v) is 4.21. The Labute approximate surface area is 119 Å². The lowest BCUT2D eigenvalue weighted by Crippen LogP contribution is -2.45. The maximum atomic E-state index is 3.52. The predicted octanol–water partition coefficient (Wildman–Crippen LogP) is 3.59. The van der Waals surface area contributed by atoms with Gasteiger partial charge in [-0.2, -0.15) is 0 Å². The molecule has 0 unspecified atom stereocenters. The molecule has 3 heteroatoms. The van der Waals surface area contributed by atoms with E-state index in [-0.39, 0.29) is 0 Å². The Morgan fingerprint density at radius 1 is 1.22 bits per heavy atom. The number of unbranched alkanes of at least 4 members (excludes halogenated alkanes) is 1. The van der Waals surface area contributed by atoms with Gasteiger partial charge in [-0.15, -0.1) is 0 Å². The van der Waals surface area contributed by atoms with Crippen molar-refractivity contribution in [1.82, 2.24) is 10.2 Å². The first-order valence-electron chi connectivity index (χ1n) is 7.01. The molecule has 2 nitrogen and oxygen atoms in total. The highest BCUT2D eigenvalue weighted by molar-refractivity contribution is 9.10. The lowest BCUT2D eigenvalue weighted by Gasteiger charge is -2.35. The monoisotopic (exact) mass is 310 g/mol. The summed E-state index contributed by atoms with van der Waals surface area (Å²) in [6.07, 6.45) is 3.86. The summed E-state index contributed by atoms with van der Waals surface area (Å²) in [5.74, 6) is 0. The summed E-state index contributed by atoms with van der Waals surface area (Å²) in [7, 11) is 0. The van der Waals surface area contributed by atoms with E-state index in [0.717, 1.165) is 13.1 Å². The lowest BCUT2D eigenvalue weighted by molar-refractivity contribution is 0.163. The van der Waals surface area contributed by atoms with Crippen molar-refractivity contribution in [2.75, 3.05) is 26.2 Å². The number of piperazine rings is 1. The highest BCUT2D eigenvalue weighted by atomic mass is 79.9. The van der Waals surface area contributed by atoms with Gasteiger partial charge in [0.25, 0.3) is 0 Å². The number of nitrogens with zero attached hydrogens (tertiary/aromatic N) is 1. The minimum Gasteiger partial charge on any atom is -0.314 e. The fourth-order valence-corrected chi connectivity index (χ4v) is 2.90. The zero-order chi connectivity index (χ0) is 12.8. The van der Waals surface area contributed by atoms with Gasteiger partial charge in [0.05, 0.1) is 0 Å². The lowest BCUT2D eigenvalue weighted by atomic mass is 9.99. The number of halogens is 1. The van der Waals surface area contributed by atoms with Crippen LogP contribution >= 0.6 is 15.9 Å². The summed E-state index contributed by atoms with van der Waals surface area (Å²) < 4.78 is 1.17. The first kappa shape index (κ1) is 14.0. The second-order valence-electron chi connectivity index (χ2n) is 5.00. The standard InChI is InChI=1S/C15H23BrN2/c1-2-3-4-15(18-11-9-17-10-12-18)13-5-7-14(16)8-6-13/h5-8,15,17H,2-4,9-12H2,1H3/t15-/m1/s1. The van der Waals surface area contributed by atoms with E-state index in [4.69, 9.17) is 0 Å². The van der Waals surface area contributed by atoms with Crippen LogP contribution in [0, 0.1) is 0 Å². The molecule has 1 fully saturated rings. The second-order valence-corrected chi connectivity index (χ2v) is 5.91. The largest absolute Gasteiger partial charge is 0.314 e.